The molecule has 2 aromatic rings. The average molecular weight is 365 g/mol. The number of carbonyl (C=O) groups is 2. The van der Waals surface area contributed by atoms with E-state index in [2.05, 4.69) is 32.8 Å². The highest BCUT2D eigenvalue weighted by molar-refractivity contribution is 6.09. The van der Waals surface area contributed by atoms with Gasteiger partial charge in [-0.2, -0.15) is 5.10 Å². The second-order valence-electron chi connectivity index (χ2n) is 6.14. The maximum Gasteiger partial charge on any atom is 0.329 e. The van der Waals surface area contributed by atoms with E-state index in [1.165, 1.54) is 4.90 Å². The lowest BCUT2D eigenvalue weighted by Gasteiger charge is -2.29. The van der Waals surface area contributed by atoms with E-state index < -0.39 is 6.03 Å². The average Bonchev–Trinajstić information content (AvgIpc) is 2.92. The minimum absolute atomic E-state index is 0. The fourth-order valence-corrected chi connectivity index (χ4v) is 3.31. The minimum atomic E-state index is -0.405. The van der Waals surface area contributed by atoms with E-state index in [-0.39, 0.29) is 18.3 Å². The van der Waals surface area contributed by atoms with Crippen LogP contribution in [0.4, 0.5) is 16.3 Å². The topological polar surface area (TPSA) is 82.5 Å². The summed E-state index contributed by atoms with van der Waals surface area (Å²) in [5, 5.41) is 11.1. The van der Waals surface area contributed by atoms with Crippen LogP contribution in [-0.2, 0) is 11.8 Å². The fourth-order valence-electron chi connectivity index (χ4n) is 3.31. The molecule has 0 unspecified atom stereocenters. The van der Waals surface area contributed by atoms with Gasteiger partial charge < -0.3 is 10.2 Å². The molecular weight excluding hydrogens is 344 g/mol. The summed E-state index contributed by atoms with van der Waals surface area (Å²) in [6.07, 6.45) is 0.294. The molecule has 2 saturated heterocycles. The van der Waals surface area contributed by atoms with Crippen LogP contribution < -0.4 is 20.4 Å². The number of urea groups is 1. The molecule has 2 aliphatic rings. The number of imide groups is 1. The second-order valence-corrected chi connectivity index (χ2v) is 6.14. The Morgan fingerprint density at radius 3 is 2.60 bits per heavy atom. The number of hydrogen-bond donors (Lipinski definition) is 2. The lowest BCUT2D eigenvalue weighted by Crippen LogP contribution is -2.49. The van der Waals surface area contributed by atoms with Gasteiger partial charge in [-0.05, 0) is 18.2 Å². The predicted octanol–water partition coefficient (Wildman–Crippen LogP) is 0.851. The molecule has 25 heavy (non-hydrogen) atoms. The van der Waals surface area contributed by atoms with Gasteiger partial charge in [0.05, 0.1) is 5.52 Å². The van der Waals surface area contributed by atoms with Crippen LogP contribution in [0.25, 0.3) is 10.9 Å². The van der Waals surface area contributed by atoms with E-state index in [9.17, 15) is 9.59 Å². The van der Waals surface area contributed by atoms with Gasteiger partial charge in [-0.25, -0.2) is 4.79 Å². The summed E-state index contributed by atoms with van der Waals surface area (Å²) in [6, 6.07) is 5.80. The van der Waals surface area contributed by atoms with Gasteiger partial charge in [0.1, 0.15) is 0 Å². The van der Waals surface area contributed by atoms with Gasteiger partial charge in [0, 0.05) is 57.3 Å². The molecule has 134 valence electrons. The summed E-state index contributed by atoms with van der Waals surface area (Å²) >= 11 is 0. The maximum atomic E-state index is 12.1. The smallest absolute Gasteiger partial charge is 0.329 e. The van der Waals surface area contributed by atoms with Gasteiger partial charge in [-0.15, -0.1) is 12.4 Å². The maximum absolute atomic E-state index is 12.1. The molecule has 0 saturated carbocycles. The molecule has 1 aromatic carbocycles. The zero-order valence-corrected chi connectivity index (χ0v) is 14.8. The predicted molar refractivity (Wildman–Crippen MR) is 98.5 cm³/mol. The Labute approximate surface area is 151 Å². The number of nitrogens with one attached hydrogen (secondary N) is 2. The van der Waals surface area contributed by atoms with Crippen molar-refractivity contribution in [3.63, 3.8) is 0 Å². The number of halogens is 1. The third-order valence-corrected chi connectivity index (χ3v) is 4.61. The highest BCUT2D eigenvalue weighted by Crippen LogP contribution is 2.30. The molecule has 9 heteroatoms. The van der Waals surface area contributed by atoms with Crippen LogP contribution in [0.3, 0.4) is 0 Å². The van der Waals surface area contributed by atoms with E-state index in [1.807, 2.05) is 13.1 Å². The number of amides is 3. The molecule has 0 atom stereocenters. The van der Waals surface area contributed by atoms with Gasteiger partial charge >= 0.3 is 6.03 Å². The van der Waals surface area contributed by atoms with Gasteiger partial charge in [-0.3, -0.25) is 19.7 Å². The first kappa shape index (κ1) is 17.5. The SMILES string of the molecule is Cl.Cn1nc(N2CCC(=O)NC2=O)c2ccc(N3CCNCC3)cc21. The molecule has 2 fully saturated rings. The van der Waals surface area contributed by atoms with E-state index in [0.717, 1.165) is 42.8 Å². The lowest BCUT2D eigenvalue weighted by atomic mass is 10.2. The third kappa shape index (κ3) is 3.14. The van der Waals surface area contributed by atoms with Crippen molar-refractivity contribution in [3.05, 3.63) is 18.2 Å². The molecule has 8 nitrogen and oxygen atoms in total. The highest BCUT2D eigenvalue weighted by atomic mass is 35.5. The van der Waals surface area contributed by atoms with Crippen LogP contribution in [0.1, 0.15) is 6.42 Å². The molecule has 4 rings (SSSR count). The number of aryl methyl sites for hydroxylation is 1. The van der Waals surface area contributed by atoms with Crippen LogP contribution in [0, 0.1) is 0 Å². The van der Waals surface area contributed by atoms with Gasteiger partial charge in [0.2, 0.25) is 5.91 Å². The van der Waals surface area contributed by atoms with E-state index in [1.54, 1.807) is 4.68 Å². The zero-order valence-electron chi connectivity index (χ0n) is 14.0. The highest BCUT2D eigenvalue weighted by Gasteiger charge is 2.28. The molecule has 2 N–H and O–H groups in total. The summed E-state index contributed by atoms with van der Waals surface area (Å²) in [5.74, 6) is 0.363. The standard InChI is InChI=1S/C16H20N6O2.ClH/c1-20-13-10-11(21-8-5-17-6-9-21)2-3-12(13)15(19-20)22-7-4-14(23)18-16(22)24;/h2-3,10,17H,4-9H2,1H3,(H,18,23,24);1H. The molecule has 3 amide bonds. The fraction of sp³-hybridized carbons (Fsp3) is 0.438. The molecule has 0 aliphatic carbocycles. The molecule has 3 heterocycles. The lowest BCUT2D eigenvalue weighted by molar-refractivity contribution is -0.120. The van der Waals surface area contributed by atoms with Crippen LogP contribution >= 0.6 is 12.4 Å². The van der Waals surface area contributed by atoms with E-state index >= 15 is 0 Å². The summed E-state index contributed by atoms with van der Waals surface area (Å²) in [5.41, 5.74) is 2.14. The number of piperazine rings is 1. The molecule has 0 radical (unpaired) electrons. The first-order chi connectivity index (χ1) is 11.6. The number of aromatic nitrogens is 2. The van der Waals surface area contributed by atoms with Gasteiger partial charge in [0.25, 0.3) is 0 Å². The quantitative estimate of drug-likeness (QED) is 0.825. The van der Waals surface area contributed by atoms with Gasteiger partial charge in [0.15, 0.2) is 5.82 Å². The van der Waals surface area contributed by atoms with Crippen molar-refractivity contribution in [1.29, 1.82) is 0 Å². The Morgan fingerprint density at radius 1 is 1.12 bits per heavy atom. The summed E-state index contributed by atoms with van der Waals surface area (Å²) in [6.45, 7) is 4.28. The Kier molecular flexibility index (Phi) is 4.82. The van der Waals surface area contributed by atoms with Crippen LogP contribution in [0.15, 0.2) is 18.2 Å². The normalized spacial score (nSPS) is 18.3. The van der Waals surface area contributed by atoms with Crippen molar-refractivity contribution in [2.75, 3.05) is 42.5 Å². The Morgan fingerprint density at radius 2 is 1.88 bits per heavy atom. The number of hydrogen-bond acceptors (Lipinski definition) is 5. The Hall–Kier alpha value is -2.32. The van der Waals surface area contributed by atoms with Crippen molar-refractivity contribution in [2.45, 2.75) is 6.42 Å². The van der Waals surface area contributed by atoms with Crippen molar-refractivity contribution in [1.82, 2.24) is 20.4 Å². The number of benzene rings is 1. The first-order valence-corrected chi connectivity index (χ1v) is 8.17. The molecule has 2 aliphatic heterocycles. The molecule has 1 aromatic heterocycles. The number of nitrogens with zero attached hydrogens (tertiary/aromatic N) is 4. The van der Waals surface area contributed by atoms with E-state index in [4.69, 9.17) is 0 Å². The number of anilines is 2. The second kappa shape index (κ2) is 6.89. The Bertz CT molecular complexity index is 814. The number of fused-ring (bicyclic) bond motifs is 1. The van der Waals surface area contributed by atoms with Crippen molar-refractivity contribution >= 4 is 46.8 Å². The monoisotopic (exact) mass is 364 g/mol. The number of rotatable bonds is 2. The van der Waals surface area contributed by atoms with Crippen LogP contribution in [0.5, 0.6) is 0 Å². The Balaban J connectivity index is 0.00000182. The van der Waals surface area contributed by atoms with E-state index in [0.29, 0.717) is 18.8 Å². The molecule has 0 bridgehead atoms. The summed E-state index contributed by atoms with van der Waals surface area (Å²) in [4.78, 5) is 27.3. The number of carbonyl (C=O) groups excluding carboxylic acids is 2. The van der Waals surface area contributed by atoms with Crippen molar-refractivity contribution in [2.24, 2.45) is 7.05 Å². The van der Waals surface area contributed by atoms with Crippen LogP contribution in [0.2, 0.25) is 0 Å². The first-order valence-electron chi connectivity index (χ1n) is 8.17. The van der Waals surface area contributed by atoms with Gasteiger partial charge in [-0.1, -0.05) is 0 Å². The largest absolute Gasteiger partial charge is 0.369 e. The summed E-state index contributed by atoms with van der Waals surface area (Å²) in [7, 11) is 1.88. The summed E-state index contributed by atoms with van der Waals surface area (Å²) < 4.78 is 1.79. The molecular formula is C16H21ClN6O2. The zero-order chi connectivity index (χ0) is 16.7. The van der Waals surface area contributed by atoms with Crippen molar-refractivity contribution < 1.29 is 9.59 Å². The van der Waals surface area contributed by atoms with Crippen molar-refractivity contribution in [3.8, 4) is 0 Å². The third-order valence-electron chi connectivity index (χ3n) is 4.61. The van der Waals surface area contributed by atoms with Crippen LogP contribution in [-0.4, -0.2) is 54.4 Å². The molecule has 0 spiro atoms. The minimum Gasteiger partial charge on any atom is -0.369 e.